The van der Waals surface area contributed by atoms with Gasteiger partial charge in [-0.2, -0.15) is 0 Å². The first-order chi connectivity index (χ1) is 46.1. The summed E-state index contributed by atoms with van der Waals surface area (Å²) < 4.78 is 20.4. The summed E-state index contributed by atoms with van der Waals surface area (Å²) in [5.41, 5.74) is 20.8. The Hall–Kier alpha value is -12.4. The van der Waals surface area contributed by atoms with E-state index < -0.39 is 0 Å². The molecule has 20 rings (SSSR count). The van der Waals surface area contributed by atoms with Crippen LogP contribution < -0.4 is 0 Å². The van der Waals surface area contributed by atoms with E-state index in [0.29, 0.717) is 0 Å². The van der Waals surface area contributed by atoms with E-state index in [0.717, 1.165) is 127 Å². The molecule has 0 saturated carbocycles. The monoisotopic (exact) mass is 1180 g/mol. The van der Waals surface area contributed by atoms with E-state index in [1.54, 1.807) is 0 Å². The summed E-state index contributed by atoms with van der Waals surface area (Å²) in [6.45, 7) is 0. The van der Waals surface area contributed by atoms with Gasteiger partial charge in [-0.1, -0.05) is 231 Å². The maximum absolute atomic E-state index is 7.04. The van der Waals surface area contributed by atoms with Gasteiger partial charge in [0, 0.05) is 55.8 Å². The number of benzene rings is 16. The lowest BCUT2D eigenvalue weighted by Crippen LogP contribution is -1.93. The molecule has 93 heavy (non-hydrogen) atoms. The molecule has 0 N–H and O–H groups in total. The minimum atomic E-state index is 0.829. The first kappa shape index (κ1) is 51.5. The average molecular weight is 1180 g/mol. The molecular weight excluding hydrogens is 1130 g/mol. The molecule has 4 aromatic heterocycles. The first-order valence-electron chi connectivity index (χ1n) is 31.8. The van der Waals surface area contributed by atoms with E-state index in [9.17, 15) is 0 Å². The van der Waals surface area contributed by atoms with E-state index in [4.69, 9.17) is 18.2 Å². The number of hydrogen-bond donors (Lipinski definition) is 0. The summed E-state index contributed by atoms with van der Waals surface area (Å²) in [5.74, 6) is 0. The van der Waals surface area contributed by atoms with Gasteiger partial charge in [0.1, 0.15) is 33.5 Å². The van der Waals surface area contributed by atoms with Crippen LogP contribution in [0.4, 0.5) is 0 Å². The smallest absolute Gasteiger partial charge is 0.143 e. The fraction of sp³-hybridized carbons (Fsp3) is 0. The summed E-state index contributed by atoms with van der Waals surface area (Å²) in [7, 11) is 0. The highest BCUT2D eigenvalue weighted by Crippen LogP contribution is 2.53. The molecule has 0 radical (unpaired) electrons. The summed E-state index contributed by atoms with van der Waals surface area (Å²) >= 11 is 0. The number of nitrogens with zero attached hydrogens (tertiary/aromatic N) is 1. The third-order valence-electron chi connectivity index (χ3n) is 19.7. The lowest BCUT2D eigenvalue weighted by Gasteiger charge is -2.19. The number of pyridine rings is 1. The number of hydrogen-bond acceptors (Lipinski definition) is 4. The van der Waals surface area contributed by atoms with E-state index in [-0.39, 0.29) is 0 Å². The van der Waals surface area contributed by atoms with Gasteiger partial charge in [-0.05, 0) is 198 Å². The maximum atomic E-state index is 7.04. The van der Waals surface area contributed by atoms with Crippen LogP contribution in [0.3, 0.4) is 0 Å². The Morgan fingerprint density at radius 2 is 0.634 bits per heavy atom. The van der Waals surface area contributed by atoms with E-state index in [2.05, 4.69) is 285 Å². The van der Waals surface area contributed by atoms with Crippen LogP contribution in [0.1, 0.15) is 0 Å². The highest BCUT2D eigenvalue weighted by atomic mass is 16.3. The molecule has 0 aliphatic rings. The Balaban J connectivity index is 0.754. The third-order valence-corrected chi connectivity index (χ3v) is 19.7. The molecule has 0 aliphatic carbocycles. The zero-order valence-corrected chi connectivity index (χ0v) is 50.1. The van der Waals surface area contributed by atoms with E-state index in [1.165, 1.54) is 81.7 Å². The van der Waals surface area contributed by atoms with Gasteiger partial charge in [-0.25, -0.2) is 0 Å². The Kier molecular flexibility index (Phi) is 11.1. The molecule has 0 unspecified atom stereocenters. The second-order valence-electron chi connectivity index (χ2n) is 24.7. The number of rotatable bonds is 7. The van der Waals surface area contributed by atoms with Crippen LogP contribution in [0, 0.1) is 0 Å². The van der Waals surface area contributed by atoms with Crippen LogP contribution in [-0.4, -0.2) is 4.98 Å². The topological polar surface area (TPSA) is 52.3 Å². The lowest BCUT2D eigenvalue weighted by molar-refractivity contribution is 0.668. The van der Waals surface area contributed by atoms with Crippen molar-refractivity contribution in [2.24, 2.45) is 0 Å². The van der Waals surface area contributed by atoms with Crippen molar-refractivity contribution in [1.29, 1.82) is 0 Å². The summed E-state index contributed by atoms with van der Waals surface area (Å²) in [5, 5.41) is 20.7. The molecule has 0 fully saturated rings. The minimum absolute atomic E-state index is 0.829. The number of aromatic nitrogens is 1. The van der Waals surface area contributed by atoms with Gasteiger partial charge in [-0.15, -0.1) is 0 Å². The second kappa shape index (κ2) is 20.1. The average Bonchev–Trinajstić information content (AvgIpc) is 1.71. The van der Waals surface area contributed by atoms with Crippen molar-refractivity contribution in [1.82, 2.24) is 4.98 Å². The zero-order chi connectivity index (χ0) is 60.8. The van der Waals surface area contributed by atoms with Crippen molar-refractivity contribution in [3.8, 4) is 77.9 Å². The quantitative estimate of drug-likeness (QED) is 0.149. The number of fused-ring (bicyclic) bond motifs is 15. The largest absolute Gasteiger partial charge is 0.456 e. The molecule has 0 saturated heterocycles. The predicted molar refractivity (Wildman–Crippen MR) is 389 cm³/mol. The fourth-order valence-electron chi connectivity index (χ4n) is 15.7. The minimum Gasteiger partial charge on any atom is -0.456 e. The van der Waals surface area contributed by atoms with E-state index >= 15 is 0 Å². The van der Waals surface area contributed by atoms with Gasteiger partial charge in [0.2, 0.25) is 0 Å². The van der Waals surface area contributed by atoms with Crippen LogP contribution in [0.25, 0.3) is 208 Å². The van der Waals surface area contributed by atoms with Gasteiger partial charge < -0.3 is 13.3 Å². The molecule has 430 valence electrons. The SMILES string of the molecule is c1ccc2cc(-c3c4ccccc4c(-c4cc(-c5cnccc5-c5ccc6ccc(-c7c8ccccc8c(-c8ccc(-c9cccc%10oc%11ccccc%11c9%10)c9oc%10ccccc%10c89)c8ccccc78)cc6c5)cc5oc6ccccc6c45)c4ccccc34)ccc2c1. The van der Waals surface area contributed by atoms with Gasteiger partial charge in [0.15, 0.2) is 0 Å². The standard InChI is InChI=1S/C89H51NO3/c1-2-19-54-46-56(40-37-52(54)18-1)82-63-22-5-9-26-67(63)85(68-27-10-6-23-64(68)82)75-49-59(50-81-87(75)72-29-12-15-33-78(72)92-81)76-51-90-45-44-60(76)55-39-36-53-38-41-57(48-58(53)47-55)83-61-20-3-7-24-65(61)84(66-25-8-4-21-62(66)83)74-43-42-70(89-88(74)73-30-13-16-34-79(73)93-89)69-31-17-35-80-86(69)71-28-11-14-32-77(71)91-80/h1-51H. The fourth-order valence-corrected chi connectivity index (χ4v) is 15.7. The molecule has 20 aromatic rings. The molecule has 0 atom stereocenters. The van der Waals surface area contributed by atoms with Crippen LogP contribution in [0.15, 0.2) is 323 Å². The molecule has 0 bridgehead atoms. The molecule has 16 aromatic carbocycles. The molecule has 0 amide bonds. The Bertz CT molecular complexity index is 6460. The molecule has 0 spiro atoms. The van der Waals surface area contributed by atoms with Crippen LogP contribution in [0.2, 0.25) is 0 Å². The van der Waals surface area contributed by atoms with Gasteiger partial charge in [0.05, 0.1) is 0 Å². The first-order valence-corrected chi connectivity index (χ1v) is 31.8. The van der Waals surface area contributed by atoms with Crippen molar-refractivity contribution in [2.45, 2.75) is 0 Å². The maximum Gasteiger partial charge on any atom is 0.143 e. The van der Waals surface area contributed by atoms with Crippen molar-refractivity contribution in [3.05, 3.63) is 310 Å². The highest BCUT2D eigenvalue weighted by molar-refractivity contribution is 6.29. The van der Waals surface area contributed by atoms with Crippen LogP contribution >= 0.6 is 0 Å². The Morgan fingerprint density at radius 1 is 0.204 bits per heavy atom. The molecule has 4 heteroatoms. The highest BCUT2D eigenvalue weighted by Gasteiger charge is 2.26. The number of furan rings is 3. The van der Waals surface area contributed by atoms with Crippen molar-refractivity contribution in [3.63, 3.8) is 0 Å². The number of para-hydroxylation sites is 3. The predicted octanol–water partition coefficient (Wildman–Crippen LogP) is 25.4. The van der Waals surface area contributed by atoms with Crippen molar-refractivity contribution < 1.29 is 13.3 Å². The molecular formula is C89H51NO3. The van der Waals surface area contributed by atoms with Gasteiger partial charge in [0.25, 0.3) is 0 Å². The summed E-state index contributed by atoms with van der Waals surface area (Å²) in [6.07, 6.45) is 3.94. The lowest BCUT2D eigenvalue weighted by atomic mass is 9.83. The molecule has 0 aliphatic heterocycles. The summed E-state index contributed by atoms with van der Waals surface area (Å²) in [4.78, 5) is 4.87. The molecule has 4 heterocycles. The van der Waals surface area contributed by atoms with Gasteiger partial charge in [-0.3, -0.25) is 4.98 Å². The third kappa shape index (κ3) is 7.76. The second-order valence-corrected chi connectivity index (χ2v) is 24.7. The molecule has 4 nitrogen and oxygen atoms in total. The van der Waals surface area contributed by atoms with Crippen molar-refractivity contribution in [2.75, 3.05) is 0 Å². The summed E-state index contributed by atoms with van der Waals surface area (Å²) in [6, 6.07) is 108. The van der Waals surface area contributed by atoms with Crippen LogP contribution in [0.5, 0.6) is 0 Å². The zero-order valence-electron chi connectivity index (χ0n) is 50.1. The van der Waals surface area contributed by atoms with Gasteiger partial charge >= 0.3 is 0 Å². The Labute approximate surface area is 533 Å². The van der Waals surface area contributed by atoms with Crippen LogP contribution in [-0.2, 0) is 0 Å². The normalized spacial score (nSPS) is 12.1. The Morgan fingerprint density at radius 3 is 1.24 bits per heavy atom. The van der Waals surface area contributed by atoms with Crippen molar-refractivity contribution >= 4 is 130 Å². The van der Waals surface area contributed by atoms with E-state index in [1.807, 2.05) is 24.5 Å².